The molecule has 0 atom stereocenters. The van der Waals surface area contributed by atoms with Crippen molar-refractivity contribution in [3.8, 4) is 0 Å². The summed E-state index contributed by atoms with van der Waals surface area (Å²) < 4.78 is 0. The number of aromatic nitrogens is 1. The fraction of sp³-hybridized carbons (Fsp3) is 0.182. The number of nitrogens with zero attached hydrogens (tertiary/aromatic N) is 2. The molecule has 2 aromatic heterocycles. The van der Waals surface area contributed by atoms with Crippen molar-refractivity contribution in [2.75, 3.05) is 24.7 Å². The number of pyridine rings is 1. The van der Waals surface area contributed by atoms with Crippen LogP contribution in [-0.2, 0) is 0 Å². The summed E-state index contributed by atoms with van der Waals surface area (Å²) in [6, 6.07) is 1.87. The lowest BCUT2D eigenvalue weighted by molar-refractivity contribution is 0.112. The third kappa shape index (κ3) is 1.99. The summed E-state index contributed by atoms with van der Waals surface area (Å²) in [5.41, 5.74) is 1.69. The Morgan fingerprint density at radius 2 is 2.35 bits per heavy atom. The number of fused-ring (bicyclic) bond motifs is 1. The highest BCUT2D eigenvalue weighted by molar-refractivity contribution is 7.21. The van der Waals surface area contributed by atoms with Gasteiger partial charge in [0.25, 0.3) is 0 Å². The van der Waals surface area contributed by atoms with Crippen molar-refractivity contribution in [2.24, 2.45) is 4.99 Å². The zero-order chi connectivity index (χ0) is 12.3. The lowest BCUT2D eigenvalue weighted by Crippen LogP contribution is -1.98. The highest BCUT2D eigenvalue weighted by Gasteiger charge is 2.14. The van der Waals surface area contributed by atoms with Crippen molar-refractivity contribution in [3.63, 3.8) is 0 Å². The highest BCUT2D eigenvalue weighted by Crippen LogP contribution is 2.37. The largest absolute Gasteiger partial charge is 0.387 e. The number of thiophene rings is 1. The molecule has 0 aromatic carbocycles. The standard InChI is InChI=1S/C11H12N4OS/c1-12-6-15-10-8(5-16)17-11-9(10)7(13-2)3-4-14-11/h3-6H,1-2H3,(H,12,15)(H,13,14). The maximum atomic E-state index is 11.0. The number of hydrogen-bond acceptors (Lipinski definition) is 5. The van der Waals surface area contributed by atoms with Gasteiger partial charge in [-0.1, -0.05) is 0 Å². The first-order chi connectivity index (χ1) is 8.31. The van der Waals surface area contributed by atoms with E-state index in [0.29, 0.717) is 4.88 Å². The van der Waals surface area contributed by atoms with E-state index in [0.717, 1.165) is 27.9 Å². The van der Waals surface area contributed by atoms with Crippen LogP contribution in [0.15, 0.2) is 17.3 Å². The van der Waals surface area contributed by atoms with Crippen LogP contribution in [0.25, 0.3) is 10.2 Å². The molecule has 17 heavy (non-hydrogen) atoms. The van der Waals surface area contributed by atoms with Crippen LogP contribution >= 0.6 is 11.3 Å². The lowest BCUT2D eigenvalue weighted by Gasteiger charge is -2.04. The van der Waals surface area contributed by atoms with Crippen molar-refractivity contribution >= 4 is 45.6 Å². The van der Waals surface area contributed by atoms with Gasteiger partial charge in [0.2, 0.25) is 0 Å². The van der Waals surface area contributed by atoms with Crippen molar-refractivity contribution in [2.45, 2.75) is 0 Å². The lowest BCUT2D eigenvalue weighted by atomic mass is 10.2. The van der Waals surface area contributed by atoms with Crippen LogP contribution in [0.4, 0.5) is 11.4 Å². The van der Waals surface area contributed by atoms with Gasteiger partial charge in [-0.2, -0.15) is 0 Å². The summed E-state index contributed by atoms with van der Waals surface area (Å²) in [7, 11) is 3.50. The van der Waals surface area contributed by atoms with Gasteiger partial charge in [-0.3, -0.25) is 9.79 Å². The van der Waals surface area contributed by atoms with Gasteiger partial charge < -0.3 is 10.6 Å². The topological polar surface area (TPSA) is 66.4 Å². The summed E-state index contributed by atoms with van der Waals surface area (Å²) in [6.07, 6.45) is 4.11. The van der Waals surface area contributed by atoms with Gasteiger partial charge in [-0.05, 0) is 6.07 Å². The average Bonchev–Trinajstić information content (AvgIpc) is 2.73. The highest BCUT2D eigenvalue weighted by atomic mass is 32.1. The number of carbonyl (C=O) groups excluding carboxylic acids is 1. The molecule has 0 spiro atoms. The quantitative estimate of drug-likeness (QED) is 0.494. The Morgan fingerprint density at radius 1 is 1.53 bits per heavy atom. The smallest absolute Gasteiger partial charge is 0.162 e. The van der Waals surface area contributed by atoms with E-state index < -0.39 is 0 Å². The Morgan fingerprint density at radius 3 is 3.00 bits per heavy atom. The minimum atomic E-state index is 0.620. The first kappa shape index (κ1) is 11.5. The number of hydrogen-bond donors (Lipinski definition) is 2. The summed E-state index contributed by atoms with van der Waals surface area (Å²) in [5.74, 6) is 0. The summed E-state index contributed by atoms with van der Waals surface area (Å²) >= 11 is 1.36. The van der Waals surface area contributed by atoms with E-state index in [2.05, 4.69) is 20.6 Å². The second-order valence-corrected chi connectivity index (χ2v) is 4.31. The zero-order valence-electron chi connectivity index (χ0n) is 9.52. The van der Waals surface area contributed by atoms with Crippen molar-refractivity contribution in [3.05, 3.63) is 17.1 Å². The van der Waals surface area contributed by atoms with Crippen LogP contribution in [0, 0.1) is 0 Å². The number of anilines is 2. The number of carbonyl (C=O) groups is 1. The molecule has 0 aliphatic heterocycles. The minimum Gasteiger partial charge on any atom is -0.387 e. The molecule has 5 nitrogen and oxygen atoms in total. The molecular weight excluding hydrogens is 236 g/mol. The molecule has 0 radical (unpaired) electrons. The number of aliphatic imine (C=N–C) groups is 1. The predicted molar refractivity (Wildman–Crippen MR) is 72.6 cm³/mol. The summed E-state index contributed by atoms with van der Waals surface area (Å²) in [4.78, 5) is 20.6. The number of nitrogens with one attached hydrogen (secondary N) is 2. The van der Waals surface area contributed by atoms with E-state index >= 15 is 0 Å². The summed E-state index contributed by atoms with van der Waals surface area (Å²) in [5, 5.41) is 7.03. The maximum absolute atomic E-state index is 11.0. The van der Waals surface area contributed by atoms with Gasteiger partial charge in [-0.25, -0.2) is 4.98 Å². The Labute approximate surface area is 103 Å². The molecule has 0 amide bonds. The second-order valence-electron chi connectivity index (χ2n) is 3.28. The molecule has 0 unspecified atom stereocenters. The molecule has 0 saturated heterocycles. The van der Waals surface area contributed by atoms with E-state index in [1.54, 1.807) is 19.6 Å². The number of aldehydes is 1. The first-order valence-electron chi connectivity index (χ1n) is 5.03. The molecule has 2 aromatic rings. The van der Waals surface area contributed by atoms with E-state index in [-0.39, 0.29) is 0 Å². The molecule has 0 saturated carbocycles. The average molecular weight is 248 g/mol. The molecule has 88 valence electrons. The molecule has 6 heteroatoms. The van der Waals surface area contributed by atoms with Crippen LogP contribution in [0.1, 0.15) is 9.67 Å². The zero-order valence-corrected chi connectivity index (χ0v) is 10.3. The van der Waals surface area contributed by atoms with Gasteiger partial charge >= 0.3 is 0 Å². The van der Waals surface area contributed by atoms with Gasteiger partial charge in [0.15, 0.2) is 6.29 Å². The molecule has 0 fully saturated rings. The van der Waals surface area contributed by atoms with E-state index in [1.165, 1.54) is 11.3 Å². The molecule has 2 rings (SSSR count). The number of rotatable bonds is 4. The molecule has 0 aliphatic rings. The fourth-order valence-electron chi connectivity index (χ4n) is 1.60. The molecule has 2 N–H and O–H groups in total. The van der Waals surface area contributed by atoms with Crippen molar-refractivity contribution in [1.82, 2.24) is 4.98 Å². The Balaban J connectivity index is 2.70. The third-order valence-electron chi connectivity index (χ3n) is 2.33. The molecule has 2 heterocycles. The van der Waals surface area contributed by atoms with Gasteiger partial charge in [0, 0.05) is 26.0 Å². The van der Waals surface area contributed by atoms with Crippen LogP contribution < -0.4 is 10.6 Å². The minimum absolute atomic E-state index is 0.620. The normalized spacial score (nSPS) is 10.9. The fourth-order valence-corrected chi connectivity index (χ4v) is 2.55. The van der Waals surface area contributed by atoms with Gasteiger partial charge in [-0.15, -0.1) is 11.3 Å². The van der Waals surface area contributed by atoms with Crippen LogP contribution in [0.5, 0.6) is 0 Å². The maximum Gasteiger partial charge on any atom is 0.162 e. The molecule has 0 aliphatic carbocycles. The van der Waals surface area contributed by atoms with Crippen LogP contribution in [0.3, 0.4) is 0 Å². The molecule has 0 bridgehead atoms. The van der Waals surface area contributed by atoms with E-state index in [9.17, 15) is 4.79 Å². The van der Waals surface area contributed by atoms with E-state index in [4.69, 9.17) is 0 Å². The van der Waals surface area contributed by atoms with Crippen LogP contribution in [-0.4, -0.2) is 31.7 Å². The Hall–Kier alpha value is -1.95. The van der Waals surface area contributed by atoms with Crippen molar-refractivity contribution < 1.29 is 4.79 Å². The van der Waals surface area contributed by atoms with E-state index in [1.807, 2.05) is 13.1 Å². The predicted octanol–water partition coefficient (Wildman–Crippen LogP) is 2.22. The summed E-state index contributed by atoms with van der Waals surface area (Å²) in [6.45, 7) is 0. The Kier molecular flexibility index (Phi) is 3.34. The first-order valence-corrected chi connectivity index (χ1v) is 5.85. The van der Waals surface area contributed by atoms with Crippen LogP contribution in [0.2, 0.25) is 0 Å². The third-order valence-corrected chi connectivity index (χ3v) is 3.36. The van der Waals surface area contributed by atoms with Gasteiger partial charge in [0.05, 0.1) is 22.3 Å². The second kappa shape index (κ2) is 4.92. The molecular formula is C11H12N4OS. The Bertz CT molecular complexity index is 576. The van der Waals surface area contributed by atoms with Gasteiger partial charge in [0.1, 0.15) is 4.83 Å². The SMILES string of the molecule is CN=CNc1c(C=O)sc2nccc(NC)c12. The van der Waals surface area contributed by atoms with Crippen molar-refractivity contribution in [1.29, 1.82) is 0 Å². The monoisotopic (exact) mass is 248 g/mol.